The molecule has 1 atom stereocenters. The minimum Gasteiger partial charge on any atom is -0.419 e. The van der Waals surface area contributed by atoms with Crippen LogP contribution in [0.3, 0.4) is 0 Å². The van der Waals surface area contributed by atoms with Gasteiger partial charge in [0.15, 0.2) is 41.8 Å². The van der Waals surface area contributed by atoms with E-state index in [1.807, 2.05) is 4.81 Å². The van der Waals surface area contributed by atoms with Crippen LogP contribution in [0.4, 0.5) is 43.9 Å². The van der Waals surface area contributed by atoms with Crippen molar-refractivity contribution >= 4 is 24.1 Å². The van der Waals surface area contributed by atoms with Crippen molar-refractivity contribution in [1.82, 2.24) is 4.81 Å². The second kappa shape index (κ2) is 11.3. The van der Waals surface area contributed by atoms with Crippen molar-refractivity contribution in [2.75, 3.05) is 0 Å². The molecule has 0 spiro atoms. The van der Waals surface area contributed by atoms with Crippen LogP contribution >= 0.6 is 0 Å². The molecular formula is C27H26B2F10N2. The van der Waals surface area contributed by atoms with E-state index in [0.29, 0.717) is 0 Å². The van der Waals surface area contributed by atoms with Crippen LogP contribution in [0.25, 0.3) is 0 Å². The highest BCUT2D eigenvalue weighted by Crippen LogP contribution is 2.42. The maximum absolute atomic E-state index is 15.9. The molecule has 2 aromatic carbocycles. The van der Waals surface area contributed by atoms with Crippen LogP contribution in [0, 0.1) is 58.2 Å². The van der Waals surface area contributed by atoms with E-state index in [1.165, 1.54) is 18.2 Å². The first kappa shape index (κ1) is 30.9. The lowest BCUT2D eigenvalue weighted by atomic mass is 9.12. The van der Waals surface area contributed by atoms with E-state index < -0.39 is 87.9 Å². The van der Waals surface area contributed by atoms with Crippen molar-refractivity contribution in [2.45, 2.75) is 64.7 Å². The first-order valence-corrected chi connectivity index (χ1v) is 13.1. The van der Waals surface area contributed by atoms with E-state index in [4.69, 9.17) is 0 Å². The Balaban J connectivity index is 2.34. The monoisotopic (exact) mass is 590 g/mol. The number of pyridine rings is 1. The zero-order chi connectivity index (χ0) is 30.5. The summed E-state index contributed by atoms with van der Waals surface area (Å²) in [6, 6.07) is 3.32. The highest BCUT2D eigenvalue weighted by Gasteiger charge is 2.60. The van der Waals surface area contributed by atoms with Gasteiger partial charge < -0.3 is 9.29 Å². The van der Waals surface area contributed by atoms with Crippen LogP contribution in [-0.2, 0) is 0 Å². The second-order valence-corrected chi connectivity index (χ2v) is 11.0. The SMILES string of the molecule is CC(C)N(B1CCCC1[B-](c1c(F)c(F)c(F)c(F)c1F)(c1c(F)c(F)c(F)c(F)c1F)[n+]1ccccc1)C(C)C. The van der Waals surface area contributed by atoms with Crippen molar-refractivity contribution in [3.05, 3.63) is 88.8 Å². The molecule has 14 heteroatoms. The summed E-state index contributed by atoms with van der Waals surface area (Å²) in [7, 11) is 0. The van der Waals surface area contributed by atoms with E-state index in [-0.39, 0.29) is 31.2 Å². The number of benzene rings is 2. The fourth-order valence-corrected chi connectivity index (χ4v) is 7.06. The standard InChI is InChI=1S/C27H26B2F10N2/c1-13(2)41(14(3)4)28-10-8-9-15(28)29(40-11-6-5-7-12-40,16-18(30)22(34)26(38)23(35)19(16)31)17-20(32)24(36)27(39)25(37)21(17)33/h5-7,11-15H,8-10H2,1-4H3. The fraction of sp³-hybridized carbons (Fsp3) is 0.370. The fourth-order valence-electron chi connectivity index (χ4n) is 7.06. The third-order valence-electron chi connectivity index (χ3n) is 8.30. The Kier molecular flexibility index (Phi) is 8.55. The molecule has 0 aliphatic carbocycles. The van der Waals surface area contributed by atoms with E-state index in [0.717, 1.165) is 16.9 Å². The Labute approximate surface area is 231 Å². The van der Waals surface area contributed by atoms with Gasteiger partial charge in [-0.05, 0) is 24.2 Å². The molecule has 4 rings (SSSR count). The Morgan fingerprint density at radius 1 is 0.634 bits per heavy atom. The molecule has 2 heterocycles. The largest absolute Gasteiger partial charge is 0.419 e. The zero-order valence-corrected chi connectivity index (χ0v) is 22.6. The van der Waals surface area contributed by atoms with Crippen molar-refractivity contribution in [3.8, 4) is 0 Å². The molecule has 2 nitrogen and oxygen atoms in total. The summed E-state index contributed by atoms with van der Waals surface area (Å²) in [5, 5.41) is 0. The van der Waals surface area contributed by atoms with E-state index in [2.05, 4.69) is 0 Å². The highest BCUT2D eigenvalue weighted by molar-refractivity contribution is 7.03. The predicted molar refractivity (Wildman–Crippen MR) is 135 cm³/mol. The summed E-state index contributed by atoms with van der Waals surface area (Å²) >= 11 is 0. The van der Waals surface area contributed by atoms with Gasteiger partial charge in [-0.3, -0.25) is 0 Å². The van der Waals surface area contributed by atoms with Crippen molar-refractivity contribution in [3.63, 3.8) is 0 Å². The Hall–Kier alpha value is -3.02. The van der Waals surface area contributed by atoms with Gasteiger partial charge in [0.1, 0.15) is 35.7 Å². The molecule has 0 amide bonds. The topological polar surface area (TPSA) is 7.12 Å². The summed E-state index contributed by atoms with van der Waals surface area (Å²) in [6.07, 6.45) is -1.64. The molecule has 41 heavy (non-hydrogen) atoms. The van der Waals surface area contributed by atoms with Gasteiger partial charge in [-0.15, -0.1) is 0 Å². The predicted octanol–water partition coefficient (Wildman–Crippen LogP) is 5.79. The number of rotatable bonds is 7. The molecular weight excluding hydrogens is 564 g/mol. The van der Waals surface area contributed by atoms with E-state index >= 15 is 17.6 Å². The summed E-state index contributed by atoms with van der Waals surface area (Å²) in [5.74, 6) is -24.4. The van der Waals surface area contributed by atoms with Crippen LogP contribution in [0.2, 0.25) is 12.0 Å². The molecule has 0 N–H and O–H groups in total. The Morgan fingerprint density at radius 2 is 1.00 bits per heavy atom. The maximum atomic E-state index is 15.9. The van der Waals surface area contributed by atoms with Crippen LogP contribution in [-0.4, -0.2) is 30.0 Å². The zero-order valence-electron chi connectivity index (χ0n) is 22.6. The van der Waals surface area contributed by atoms with Crippen LogP contribution in [0.5, 0.6) is 0 Å². The third kappa shape index (κ3) is 4.62. The average Bonchev–Trinajstić information content (AvgIpc) is 3.41. The number of hydrogen-bond donors (Lipinski definition) is 0. The normalized spacial score (nSPS) is 16.1. The number of nitrogens with zero attached hydrogens (tertiary/aromatic N) is 2. The molecule has 0 bridgehead atoms. The van der Waals surface area contributed by atoms with E-state index in [9.17, 15) is 26.3 Å². The lowest BCUT2D eigenvalue weighted by Crippen LogP contribution is -2.85. The molecule has 1 aliphatic heterocycles. The van der Waals surface area contributed by atoms with Crippen LogP contribution < -0.4 is 15.4 Å². The maximum Gasteiger partial charge on any atom is 0.341 e. The first-order valence-electron chi connectivity index (χ1n) is 13.1. The molecule has 220 valence electrons. The highest BCUT2D eigenvalue weighted by atomic mass is 19.2. The van der Waals surface area contributed by atoms with Gasteiger partial charge in [0.2, 0.25) is 0 Å². The lowest BCUT2D eigenvalue weighted by molar-refractivity contribution is -0.543. The quantitative estimate of drug-likeness (QED) is 0.147. The molecule has 1 aliphatic rings. The minimum absolute atomic E-state index is 0.0957. The molecule has 0 saturated carbocycles. The smallest absolute Gasteiger partial charge is 0.341 e. The Bertz CT molecular complexity index is 1330. The van der Waals surface area contributed by atoms with Crippen molar-refractivity contribution in [1.29, 1.82) is 0 Å². The summed E-state index contributed by atoms with van der Waals surface area (Å²) in [6.45, 7) is 6.27. The Morgan fingerprint density at radius 3 is 1.37 bits per heavy atom. The first-order chi connectivity index (χ1) is 19.2. The second-order valence-electron chi connectivity index (χ2n) is 11.0. The molecule has 1 unspecified atom stereocenters. The molecule has 1 saturated heterocycles. The van der Waals surface area contributed by atoms with Crippen molar-refractivity contribution < 1.29 is 48.4 Å². The number of aromatic nitrogens is 1. The van der Waals surface area contributed by atoms with Gasteiger partial charge >= 0.3 is 6.28 Å². The van der Waals surface area contributed by atoms with Crippen LogP contribution in [0.1, 0.15) is 40.5 Å². The van der Waals surface area contributed by atoms with Crippen molar-refractivity contribution in [2.24, 2.45) is 0 Å². The van der Waals surface area contributed by atoms with Gasteiger partial charge in [0, 0.05) is 0 Å². The molecule has 1 aromatic heterocycles. The number of halogens is 10. The number of hydrogen-bond acceptors (Lipinski definition) is 1. The molecule has 0 radical (unpaired) electrons. The third-order valence-corrected chi connectivity index (χ3v) is 8.30. The van der Waals surface area contributed by atoms with Gasteiger partial charge in [0.05, 0.1) is 0 Å². The van der Waals surface area contributed by atoms with Gasteiger partial charge in [0.25, 0.3) is 0 Å². The minimum atomic E-state index is -4.18. The summed E-state index contributed by atoms with van der Waals surface area (Å²) in [5.41, 5.74) is -4.70. The summed E-state index contributed by atoms with van der Waals surface area (Å²) in [4.78, 5) is 1.84. The molecule has 1 fully saturated rings. The van der Waals surface area contributed by atoms with Gasteiger partial charge in [-0.1, -0.05) is 69.6 Å². The van der Waals surface area contributed by atoms with Gasteiger partial charge in [-0.25, -0.2) is 43.9 Å². The average molecular weight is 590 g/mol. The van der Waals surface area contributed by atoms with Gasteiger partial charge in [-0.2, -0.15) is 0 Å². The summed E-state index contributed by atoms with van der Waals surface area (Å²) < 4.78 is 152. The van der Waals surface area contributed by atoms with Crippen LogP contribution in [0.15, 0.2) is 30.6 Å². The van der Waals surface area contributed by atoms with E-state index in [1.54, 1.807) is 27.7 Å². The lowest BCUT2D eigenvalue weighted by Gasteiger charge is -2.47. The molecule has 3 aromatic rings.